The molecule has 14 heavy (non-hydrogen) atoms. The summed E-state index contributed by atoms with van der Waals surface area (Å²) in [6, 6.07) is 0. The molecule has 0 heterocycles. The summed E-state index contributed by atoms with van der Waals surface area (Å²) in [6.07, 6.45) is 2.29. The van der Waals surface area contributed by atoms with Gasteiger partial charge < -0.3 is 0 Å². The Hall–Kier alpha value is -0.590. The Kier molecular flexibility index (Phi) is 1.78. The van der Waals surface area contributed by atoms with Crippen molar-refractivity contribution < 1.29 is 4.79 Å². The van der Waals surface area contributed by atoms with Gasteiger partial charge in [0.15, 0.2) is 5.78 Å². The van der Waals surface area contributed by atoms with Crippen LogP contribution in [0.1, 0.15) is 47.5 Å². The van der Waals surface area contributed by atoms with Gasteiger partial charge in [0.2, 0.25) is 0 Å². The molecule has 0 aliphatic heterocycles. The standard InChI is InChI=1S/C13H20O/c1-8(2)10-9-6-7-13(5,11(10)14)12(9,3)4/h9H,6-7H2,1-5H3/t9-,13-/m0/s1. The molecule has 0 radical (unpaired) electrons. The molecule has 1 nitrogen and oxygen atoms in total. The summed E-state index contributed by atoms with van der Waals surface area (Å²) >= 11 is 0. The van der Waals surface area contributed by atoms with Gasteiger partial charge in [-0.15, -0.1) is 0 Å². The van der Waals surface area contributed by atoms with Gasteiger partial charge in [-0.1, -0.05) is 26.3 Å². The van der Waals surface area contributed by atoms with Gasteiger partial charge in [0, 0.05) is 5.41 Å². The lowest BCUT2D eigenvalue weighted by Crippen LogP contribution is -2.32. The Balaban J connectivity index is 2.61. The van der Waals surface area contributed by atoms with E-state index < -0.39 is 0 Å². The zero-order valence-electron chi connectivity index (χ0n) is 9.90. The van der Waals surface area contributed by atoms with Crippen LogP contribution in [0.4, 0.5) is 0 Å². The lowest BCUT2D eigenvalue weighted by Gasteiger charge is -2.31. The molecule has 2 aliphatic rings. The van der Waals surface area contributed by atoms with E-state index in [0.29, 0.717) is 11.7 Å². The minimum atomic E-state index is -0.0791. The molecule has 0 unspecified atom stereocenters. The summed E-state index contributed by atoms with van der Waals surface area (Å²) in [7, 11) is 0. The summed E-state index contributed by atoms with van der Waals surface area (Å²) in [6.45, 7) is 10.8. The van der Waals surface area contributed by atoms with Crippen LogP contribution in [0.25, 0.3) is 0 Å². The lowest BCUT2D eigenvalue weighted by atomic mass is 9.70. The molecule has 0 aromatic rings. The molecule has 0 aromatic carbocycles. The first-order chi connectivity index (χ1) is 6.32. The molecule has 0 aromatic heterocycles. The highest BCUT2D eigenvalue weighted by molar-refractivity contribution is 6.05. The largest absolute Gasteiger partial charge is 0.294 e. The molecular weight excluding hydrogens is 172 g/mol. The van der Waals surface area contributed by atoms with Gasteiger partial charge in [0.1, 0.15) is 0 Å². The van der Waals surface area contributed by atoms with Crippen LogP contribution in [0, 0.1) is 16.7 Å². The molecule has 78 valence electrons. The van der Waals surface area contributed by atoms with Gasteiger partial charge in [-0.05, 0) is 43.6 Å². The Labute approximate surface area is 86.6 Å². The van der Waals surface area contributed by atoms with Crippen LogP contribution >= 0.6 is 0 Å². The number of hydrogen-bond acceptors (Lipinski definition) is 1. The first-order valence-corrected chi connectivity index (χ1v) is 5.54. The fraction of sp³-hybridized carbons (Fsp3) is 0.769. The minimum absolute atomic E-state index is 0.0791. The number of Topliss-reactive ketones (excluding diaryl/α,β-unsaturated/α-hetero) is 1. The Morgan fingerprint density at radius 1 is 1.29 bits per heavy atom. The summed E-state index contributed by atoms with van der Waals surface area (Å²) in [5, 5.41) is 0. The Morgan fingerprint density at radius 2 is 1.86 bits per heavy atom. The van der Waals surface area contributed by atoms with Crippen LogP contribution in [-0.4, -0.2) is 5.78 Å². The molecule has 2 atom stereocenters. The van der Waals surface area contributed by atoms with Crippen molar-refractivity contribution >= 4 is 5.78 Å². The number of carbonyl (C=O) groups is 1. The second-order valence-electron chi connectivity index (χ2n) is 5.89. The van der Waals surface area contributed by atoms with Crippen LogP contribution in [0.2, 0.25) is 0 Å². The number of ketones is 1. The van der Waals surface area contributed by atoms with Gasteiger partial charge in [-0.2, -0.15) is 0 Å². The van der Waals surface area contributed by atoms with Crippen LogP contribution in [0.5, 0.6) is 0 Å². The van der Waals surface area contributed by atoms with Crippen molar-refractivity contribution in [3.05, 3.63) is 11.1 Å². The van der Waals surface area contributed by atoms with Crippen molar-refractivity contribution in [2.24, 2.45) is 16.7 Å². The van der Waals surface area contributed by atoms with Crippen molar-refractivity contribution in [3.63, 3.8) is 0 Å². The van der Waals surface area contributed by atoms with Crippen molar-refractivity contribution in [2.75, 3.05) is 0 Å². The van der Waals surface area contributed by atoms with E-state index in [2.05, 4.69) is 34.6 Å². The van der Waals surface area contributed by atoms with Gasteiger partial charge in [0.25, 0.3) is 0 Å². The molecule has 0 N–H and O–H groups in total. The summed E-state index contributed by atoms with van der Waals surface area (Å²) < 4.78 is 0. The molecule has 0 amide bonds. The number of carbonyl (C=O) groups excluding carboxylic acids is 1. The first-order valence-electron chi connectivity index (χ1n) is 5.54. The van der Waals surface area contributed by atoms with Gasteiger partial charge >= 0.3 is 0 Å². The molecule has 2 aliphatic carbocycles. The maximum Gasteiger partial charge on any atom is 0.165 e. The smallest absolute Gasteiger partial charge is 0.165 e. The summed E-state index contributed by atoms with van der Waals surface area (Å²) in [5.41, 5.74) is 2.47. The molecular formula is C13H20O. The van der Waals surface area contributed by atoms with Gasteiger partial charge in [-0.25, -0.2) is 0 Å². The molecule has 2 rings (SSSR count). The normalized spacial score (nSPS) is 39.4. The molecule has 0 saturated heterocycles. The van der Waals surface area contributed by atoms with Crippen molar-refractivity contribution in [3.8, 4) is 0 Å². The average molecular weight is 192 g/mol. The summed E-state index contributed by atoms with van der Waals surface area (Å²) in [5.74, 6) is 0.948. The van der Waals surface area contributed by atoms with E-state index >= 15 is 0 Å². The second kappa shape index (κ2) is 2.50. The lowest BCUT2D eigenvalue weighted by molar-refractivity contribution is -0.125. The fourth-order valence-corrected chi connectivity index (χ4v) is 3.44. The first kappa shape index (κ1) is 9.95. The fourth-order valence-electron chi connectivity index (χ4n) is 3.44. The van der Waals surface area contributed by atoms with E-state index in [-0.39, 0.29) is 10.8 Å². The Morgan fingerprint density at radius 3 is 2.14 bits per heavy atom. The number of hydrogen-bond donors (Lipinski definition) is 0. The molecule has 1 heteroatoms. The zero-order valence-corrected chi connectivity index (χ0v) is 9.90. The van der Waals surface area contributed by atoms with Crippen molar-refractivity contribution in [2.45, 2.75) is 47.5 Å². The number of fused-ring (bicyclic) bond motifs is 2. The monoisotopic (exact) mass is 192 g/mol. The Bertz CT molecular complexity index is 331. The van der Waals surface area contributed by atoms with E-state index in [9.17, 15) is 4.79 Å². The zero-order chi connectivity index (χ0) is 10.7. The third kappa shape index (κ3) is 0.838. The van der Waals surface area contributed by atoms with E-state index in [4.69, 9.17) is 0 Å². The van der Waals surface area contributed by atoms with Crippen molar-refractivity contribution in [1.29, 1.82) is 0 Å². The van der Waals surface area contributed by atoms with Gasteiger partial charge in [-0.3, -0.25) is 4.79 Å². The SMILES string of the molecule is CC(C)=C1C(=O)[C@]2(C)CC[C@@H]1C2(C)C. The third-order valence-corrected chi connectivity index (χ3v) is 4.86. The van der Waals surface area contributed by atoms with Crippen LogP contribution < -0.4 is 0 Å². The predicted octanol–water partition coefficient (Wildman–Crippen LogP) is 3.35. The highest BCUT2D eigenvalue weighted by Gasteiger charge is 2.64. The maximum atomic E-state index is 12.3. The topological polar surface area (TPSA) is 17.1 Å². The number of allylic oxidation sites excluding steroid dienone is 2. The molecule has 2 fully saturated rings. The average Bonchev–Trinajstić information content (AvgIpc) is 2.35. The minimum Gasteiger partial charge on any atom is -0.294 e. The van der Waals surface area contributed by atoms with Crippen molar-refractivity contribution in [1.82, 2.24) is 0 Å². The van der Waals surface area contributed by atoms with Gasteiger partial charge in [0.05, 0.1) is 0 Å². The molecule has 2 saturated carbocycles. The summed E-state index contributed by atoms with van der Waals surface area (Å²) in [4.78, 5) is 12.3. The van der Waals surface area contributed by atoms with E-state index in [0.717, 1.165) is 12.0 Å². The van der Waals surface area contributed by atoms with E-state index in [1.807, 2.05) is 0 Å². The molecule has 0 spiro atoms. The third-order valence-electron chi connectivity index (χ3n) is 4.86. The quantitative estimate of drug-likeness (QED) is 0.538. The highest BCUT2D eigenvalue weighted by atomic mass is 16.1. The van der Waals surface area contributed by atoms with E-state index in [1.165, 1.54) is 12.0 Å². The van der Waals surface area contributed by atoms with Crippen LogP contribution in [-0.2, 0) is 4.79 Å². The number of rotatable bonds is 0. The maximum absolute atomic E-state index is 12.3. The van der Waals surface area contributed by atoms with Crippen LogP contribution in [0.15, 0.2) is 11.1 Å². The predicted molar refractivity (Wildman–Crippen MR) is 58.0 cm³/mol. The van der Waals surface area contributed by atoms with Crippen LogP contribution in [0.3, 0.4) is 0 Å². The highest BCUT2D eigenvalue weighted by Crippen LogP contribution is 2.65. The second-order valence-corrected chi connectivity index (χ2v) is 5.89. The van der Waals surface area contributed by atoms with E-state index in [1.54, 1.807) is 0 Å². The molecule has 2 bridgehead atoms.